The molecular weight excluding hydrogens is 222 g/mol. The highest BCUT2D eigenvalue weighted by atomic mass is 16.1. The van der Waals surface area contributed by atoms with Crippen molar-refractivity contribution in [2.24, 2.45) is 11.7 Å². The number of rotatable bonds is 4. The van der Waals surface area contributed by atoms with Crippen molar-refractivity contribution in [3.63, 3.8) is 0 Å². The minimum atomic E-state index is 0.0453. The van der Waals surface area contributed by atoms with Gasteiger partial charge in [0.05, 0.1) is 0 Å². The van der Waals surface area contributed by atoms with Crippen LogP contribution >= 0.6 is 0 Å². The maximum atomic E-state index is 12.2. The number of hydrogen-bond donors (Lipinski definition) is 1. The van der Waals surface area contributed by atoms with Gasteiger partial charge in [-0.25, -0.2) is 0 Å². The summed E-state index contributed by atoms with van der Waals surface area (Å²) < 4.78 is 0. The first kappa shape index (κ1) is 11.4. The third-order valence-electron chi connectivity index (χ3n) is 3.72. The van der Waals surface area contributed by atoms with Gasteiger partial charge in [-0.2, -0.15) is 0 Å². The predicted molar refractivity (Wildman–Crippen MR) is 73.6 cm³/mol. The summed E-state index contributed by atoms with van der Waals surface area (Å²) in [5.74, 6) is 0.745. The van der Waals surface area contributed by atoms with Crippen molar-refractivity contribution < 1.29 is 4.79 Å². The fourth-order valence-electron chi connectivity index (χ4n) is 2.39. The number of carbonyl (C=O) groups is 1. The molecule has 0 aromatic heterocycles. The van der Waals surface area contributed by atoms with Crippen LogP contribution in [0.4, 0.5) is 0 Å². The Labute approximate surface area is 107 Å². The van der Waals surface area contributed by atoms with Crippen LogP contribution in [0.15, 0.2) is 42.5 Å². The van der Waals surface area contributed by atoms with E-state index in [1.165, 1.54) is 18.2 Å². The molecule has 0 aliphatic heterocycles. The molecule has 1 saturated carbocycles. The monoisotopic (exact) mass is 239 g/mol. The fraction of sp³-hybridized carbons (Fsp3) is 0.312. The molecule has 3 rings (SSSR count). The van der Waals surface area contributed by atoms with Crippen molar-refractivity contribution in [2.75, 3.05) is 0 Å². The molecule has 92 valence electrons. The molecule has 0 spiro atoms. The van der Waals surface area contributed by atoms with Crippen molar-refractivity contribution in [1.82, 2.24) is 0 Å². The van der Waals surface area contributed by atoms with Gasteiger partial charge in [0, 0.05) is 18.0 Å². The Morgan fingerprint density at radius 3 is 2.61 bits per heavy atom. The standard InChI is InChI=1S/C16H17NO/c17-15(12-6-7-12)10-16(18)14-8-5-11-3-1-2-4-13(11)9-14/h1-5,8-9,12,15H,6-7,10,17H2. The molecule has 0 heterocycles. The van der Waals surface area contributed by atoms with Crippen LogP contribution in [0, 0.1) is 5.92 Å². The van der Waals surface area contributed by atoms with E-state index in [4.69, 9.17) is 5.73 Å². The lowest BCUT2D eigenvalue weighted by Gasteiger charge is -2.09. The molecule has 1 aliphatic carbocycles. The SMILES string of the molecule is NC(CC(=O)c1ccc2ccccc2c1)C1CC1. The second-order valence-corrected chi connectivity index (χ2v) is 5.19. The van der Waals surface area contributed by atoms with Gasteiger partial charge in [0.2, 0.25) is 0 Å². The number of Topliss-reactive ketones (excluding diaryl/α,β-unsaturated/α-hetero) is 1. The van der Waals surface area contributed by atoms with Crippen molar-refractivity contribution in [3.8, 4) is 0 Å². The van der Waals surface area contributed by atoms with Gasteiger partial charge in [-0.3, -0.25) is 4.79 Å². The minimum absolute atomic E-state index is 0.0453. The van der Waals surface area contributed by atoms with Crippen LogP contribution in [-0.4, -0.2) is 11.8 Å². The molecule has 18 heavy (non-hydrogen) atoms. The molecule has 2 N–H and O–H groups in total. The van der Waals surface area contributed by atoms with Crippen molar-refractivity contribution in [1.29, 1.82) is 0 Å². The Kier molecular flexibility index (Phi) is 2.88. The van der Waals surface area contributed by atoms with E-state index in [-0.39, 0.29) is 11.8 Å². The van der Waals surface area contributed by atoms with Crippen LogP contribution in [0.25, 0.3) is 10.8 Å². The first-order valence-electron chi connectivity index (χ1n) is 6.51. The highest BCUT2D eigenvalue weighted by Crippen LogP contribution is 2.33. The molecule has 0 radical (unpaired) electrons. The van der Waals surface area contributed by atoms with E-state index in [0.29, 0.717) is 12.3 Å². The van der Waals surface area contributed by atoms with Gasteiger partial charge in [0.25, 0.3) is 0 Å². The van der Waals surface area contributed by atoms with Crippen LogP contribution in [0.2, 0.25) is 0 Å². The van der Waals surface area contributed by atoms with E-state index < -0.39 is 0 Å². The molecule has 0 amide bonds. The molecule has 1 atom stereocenters. The third kappa shape index (κ3) is 2.29. The van der Waals surface area contributed by atoms with E-state index in [0.717, 1.165) is 10.9 Å². The summed E-state index contributed by atoms with van der Waals surface area (Å²) in [4.78, 5) is 12.2. The molecule has 2 aromatic carbocycles. The summed E-state index contributed by atoms with van der Waals surface area (Å²) >= 11 is 0. The lowest BCUT2D eigenvalue weighted by molar-refractivity contribution is 0.0971. The average Bonchev–Trinajstić information content (AvgIpc) is 3.22. The summed E-state index contributed by atoms with van der Waals surface area (Å²) in [6.45, 7) is 0. The Morgan fingerprint density at radius 1 is 1.17 bits per heavy atom. The van der Waals surface area contributed by atoms with E-state index in [1.54, 1.807) is 0 Å². The second-order valence-electron chi connectivity index (χ2n) is 5.19. The largest absolute Gasteiger partial charge is 0.327 e. The van der Waals surface area contributed by atoms with Gasteiger partial charge >= 0.3 is 0 Å². The molecule has 0 saturated heterocycles. The van der Waals surface area contributed by atoms with Gasteiger partial charge in [-0.05, 0) is 35.6 Å². The summed E-state index contributed by atoms with van der Waals surface area (Å²) in [7, 11) is 0. The minimum Gasteiger partial charge on any atom is -0.327 e. The molecule has 2 heteroatoms. The summed E-state index contributed by atoms with van der Waals surface area (Å²) in [6, 6.07) is 14.0. The Hall–Kier alpha value is -1.67. The molecule has 1 fully saturated rings. The van der Waals surface area contributed by atoms with Gasteiger partial charge in [-0.1, -0.05) is 36.4 Å². The second kappa shape index (κ2) is 4.54. The average molecular weight is 239 g/mol. The third-order valence-corrected chi connectivity index (χ3v) is 3.72. The van der Waals surface area contributed by atoms with E-state index in [2.05, 4.69) is 6.07 Å². The highest BCUT2D eigenvalue weighted by molar-refractivity contribution is 6.00. The Morgan fingerprint density at radius 2 is 1.89 bits per heavy atom. The number of ketones is 1. The van der Waals surface area contributed by atoms with Crippen molar-refractivity contribution in [2.45, 2.75) is 25.3 Å². The maximum Gasteiger partial charge on any atom is 0.164 e. The maximum absolute atomic E-state index is 12.2. The number of carbonyl (C=O) groups excluding carboxylic acids is 1. The Bertz CT molecular complexity index is 586. The van der Waals surface area contributed by atoms with E-state index >= 15 is 0 Å². The number of benzene rings is 2. The highest BCUT2D eigenvalue weighted by Gasteiger charge is 2.29. The van der Waals surface area contributed by atoms with Crippen LogP contribution in [-0.2, 0) is 0 Å². The Balaban J connectivity index is 1.82. The van der Waals surface area contributed by atoms with Gasteiger partial charge in [0.1, 0.15) is 0 Å². The van der Waals surface area contributed by atoms with Crippen molar-refractivity contribution >= 4 is 16.6 Å². The number of hydrogen-bond acceptors (Lipinski definition) is 2. The smallest absolute Gasteiger partial charge is 0.164 e. The van der Waals surface area contributed by atoms with Crippen LogP contribution in [0.1, 0.15) is 29.6 Å². The van der Waals surface area contributed by atoms with Crippen LogP contribution in [0.3, 0.4) is 0 Å². The van der Waals surface area contributed by atoms with E-state index in [9.17, 15) is 4.79 Å². The summed E-state index contributed by atoms with van der Waals surface area (Å²) in [6.07, 6.45) is 2.85. The number of fused-ring (bicyclic) bond motifs is 1. The molecule has 2 aromatic rings. The lowest BCUT2D eigenvalue weighted by atomic mass is 9.99. The normalized spacial score (nSPS) is 16.7. The van der Waals surface area contributed by atoms with Gasteiger partial charge < -0.3 is 5.73 Å². The zero-order valence-electron chi connectivity index (χ0n) is 10.3. The molecule has 0 bridgehead atoms. The molecule has 2 nitrogen and oxygen atoms in total. The first-order chi connectivity index (χ1) is 8.74. The molecule has 1 aliphatic rings. The van der Waals surface area contributed by atoms with E-state index in [1.807, 2.05) is 36.4 Å². The molecule has 1 unspecified atom stereocenters. The van der Waals surface area contributed by atoms with Crippen molar-refractivity contribution in [3.05, 3.63) is 48.0 Å². The first-order valence-corrected chi connectivity index (χ1v) is 6.51. The summed E-state index contributed by atoms with van der Waals surface area (Å²) in [5.41, 5.74) is 6.79. The predicted octanol–water partition coefficient (Wildman–Crippen LogP) is 3.15. The van der Waals surface area contributed by atoms with Crippen LogP contribution in [0.5, 0.6) is 0 Å². The topological polar surface area (TPSA) is 43.1 Å². The molecular formula is C16H17NO. The quantitative estimate of drug-likeness (QED) is 0.833. The lowest BCUT2D eigenvalue weighted by Crippen LogP contribution is -2.25. The summed E-state index contributed by atoms with van der Waals surface area (Å²) in [5, 5.41) is 2.28. The van der Waals surface area contributed by atoms with Crippen LogP contribution < -0.4 is 5.73 Å². The zero-order chi connectivity index (χ0) is 12.5. The number of nitrogens with two attached hydrogens (primary N) is 1. The van der Waals surface area contributed by atoms with Gasteiger partial charge in [0.15, 0.2) is 5.78 Å². The fourth-order valence-corrected chi connectivity index (χ4v) is 2.39. The zero-order valence-corrected chi connectivity index (χ0v) is 10.3. The van der Waals surface area contributed by atoms with Gasteiger partial charge in [-0.15, -0.1) is 0 Å².